The maximum atomic E-state index is 13.8. The Morgan fingerprint density at radius 2 is 1.74 bits per heavy atom. The van der Waals surface area contributed by atoms with Crippen molar-refractivity contribution in [2.24, 2.45) is 0 Å². The minimum atomic E-state index is -1.19. The summed E-state index contributed by atoms with van der Waals surface area (Å²) in [6.07, 6.45) is 1.62. The summed E-state index contributed by atoms with van der Waals surface area (Å²) >= 11 is 5.69. The molecule has 11 heteroatoms. The summed E-state index contributed by atoms with van der Waals surface area (Å²) in [4.78, 5) is 54.7. The average Bonchev–Trinajstić information content (AvgIpc) is 2.91. The Balaban J connectivity index is 1.59. The molecular weight excluding hydrogens is 515 g/mol. The third kappa shape index (κ3) is 8.67. The number of rotatable bonds is 12. The van der Waals surface area contributed by atoms with Crippen molar-refractivity contribution in [1.29, 1.82) is 0 Å². The van der Waals surface area contributed by atoms with E-state index in [0.29, 0.717) is 5.69 Å². The zero-order valence-corrected chi connectivity index (χ0v) is 21.2. The molecule has 0 bridgehead atoms. The van der Waals surface area contributed by atoms with Gasteiger partial charge in [-0.3, -0.25) is 24.2 Å². The van der Waals surface area contributed by atoms with Crippen molar-refractivity contribution >= 4 is 35.1 Å². The van der Waals surface area contributed by atoms with Crippen LogP contribution in [0.2, 0.25) is 5.02 Å². The van der Waals surface area contributed by atoms with Crippen LogP contribution in [0.4, 0.5) is 4.39 Å². The molecule has 0 saturated heterocycles. The number of benzene rings is 2. The highest BCUT2D eigenvalue weighted by molar-refractivity contribution is 6.38. The Morgan fingerprint density at radius 3 is 2.42 bits per heavy atom. The van der Waals surface area contributed by atoms with Crippen LogP contribution in [0.1, 0.15) is 18.2 Å². The zero-order valence-electron chi connectivity index (χ0n) is 20.4. The normalized spacial score (nSPS) is 12.1. The molecule has 0 saturated carbocycles. The molecule has 3 aromatic rings. The van der Waals surface area contributed by atoms with Crippen LogP contribution in [-0.2, 0) is 32.1 Å². The van der Waals surface area contributed by atoms with Gasteiger partial charge in [-0.15, -0.1) is 0 Å². The predicted octanol–water partition coefficient (Wildman–Crippen LogP) is 2.37. The summed E-state index contributed by atoms with van der Waals surface area (Å²) in [6.45, 7) is 0.887. The van der Waals surface area contributed by atoms with E-state index in [0.717, 1.165) is 11.6 Å². The smallest absolute Gasteiger partial charge is 0.289 e. The largest absolute Gasteiger partial charge is 0.481 e. The molecular formula is C27H26ClFN4O5. The van der Waals surface area contributed by atoms with E-state index in [-0.39, 0.29) is 23.7 Å². The number of pyridine rings is 1. The molecule has 0 fully saturated rings. The Bertz CT molecular complexity index is 1280. The first kappa shape index (κ1) is 28.3. The third-order valence-electron chi connectivity index (χ3n) is 5.32. The highest BCUT2D eigenvalue weighted by Crippen LogP contribution is 2.20. The number of hydrogen-bond donors (Lipinski definition) is 3. The quantitative estimate of drug-likeness (QED) is 0.303. The molecule has 0 aliphatic rings. The van der Waals surface area contributed by atoms with Gasteiger partial charge in [0.05, 0.1) is 12.2 Å². The zero-order chi connectivity index (χ0) is 27.5. The molecule has 2 aromatic carbocycles. The lowest BCUT2D eigenvalue weighted by Crippen LogP contribution is -2.54. The maximum Gasteiger partial charge on any atom is 0.289 e. The van der Waals surface area contributed by atoms with Gasteiger partial charge in [0.2, 0.25) is 11.7 Å². The van der Waals surface area contributed by atoms with E-state index < -0.39 is 48.0 Å². The summed E-state index contributed by atoms with van der Waals surface area (Å²) in [5, 5.41) is 7.65. The number of aromatic nitrogens is 1. The lowest BCUT2D eigenvalue weighted by Gasteiger charge is -2.21. The number of hydrogen-bond acceptors (Lipinski definition) is 6. The van der Waals surface area contributed by atoms with Crippen LogP contribution in [0, 0.1) is 5.82 Å². The average molecular weight is 541 g/mol. The molecule has 0 radical (unpaired) electrons. The SMILES string of the molecule is C[C@@H](NC(=O)COc1ccc(Cl)cc1F)C(=O)N[C@H](Cc1ccccc1)C(=O)C(=O)NCc1ccccn1. The number of amides is 3. The third-order valence-corrected chi connectivity index (χ3v) is 5.55. The van der Waals surface area contributed by atoms with Gasteiger partial charge in [-0.2, -0.15) is 0 Å². The molecule has 3 amide bonds. The van der Waals surface area contributed by atoms with E-state index in [1.807, 2.05) is 0 Å². The Kier molecular flexibility index (Phi) is 10.3. The van der Waals surface area contributed by atoms with Crippen LogP contribution in [0.15, 0.2) is 72.9 Å². The Hall–Kier alpha value is -4.31. The van der Waals surface area contributed by atoms with Gasteiger partial charge in [0.15, 0.2) is 18.2 Å². The Labute approximate surface area is 223 Å². The number of ether oxygens (including phenoxy) is 1. The number of nitrogens with one attached hydrogen (secondary N) is 3. The first-order valence-electron chi connectivity index (χ1n) is 11.7. The summed E-state index contributed by atoms with van der Waals surface area (Å²) < 4.78 is 19.0. The van der Waals surface area contributed by atoms with Crippen LogP contribution >= 0.6 is 11.6 Å². The van der Waals surface area contributed by atoms with Crippen molar-refractivity contribution in [1.82, 2.24) is 20.9 Å². The first-order valence-corrected chi connectivity index (χ1v) is 12.0. The molecule has 9 nitrogen and oxygen atoms in total. The molecule has 1 heterocycles. The lowest BCUT2D eigenvalue weighted by atomic mass is 10.0. The van der Waals surface area contributed by atoms with Crippen molar-refractivity contribution in [3.05, 3.63) is 95.0 Å². The van der Waals surface area contributed by atoms with Gasteiger partial charge in [-0.05, 0) is 42.8 Å². The van der Waals surface area contributed by atoms with E-state index in [1.165, 1.54) is 19.1 Å². The van der Waals surface area contributed by atoms with Gasteiger partial charge < -0.3 is 20.7 Å². The molecule has 198 valence electrons. The number of carbonyl (C=O) groups excluding carboxylic acids is 4. The fourth-order valence-corrected chi connectivity index (χ4v) is 3.52. The van der Waals surface area contributed by atoms with E-state index in [9.17, 15) is 23.6 Å². The molecule has 1 aromatic heterocycles. The minimum Gasteiger partial charge on any atom is -0.481 e. The molecule has 0 aliphatic carbocycles. The van der Waals surface area contributed by atoms with Gasteiger partial charge in [-0.1, -0.05) is 48.0 Å². The van der Waals surface area contributed by atoms with E-state index in [4.69, 9.17) is 16.3 Å². The summed E-state index contributed by atoms with van der Waals surface area (Å²) in [6, 6.07) is 15.5. The van der Waals surface area contributed by atoms with Crippen LogP contribution in [0.5, 0.6) is 5.75 Å². The number of nitrogens with zero attached hydrogens (tertiary/aromatic N) is 1. The molecule has 2 atom stereocenters. The molecule has 0 aliphatic heterocycles. The number of Topliss-reactive ketones (excluding diaryl/α,β-unsaturated/α-hetero) is 1. The minimum absolute atomic E-state index is 0.0398. The van der Waals surface area contributed by atoms with Gasteiger partial charge >= 0.3 is 0 Å². The van der Waals surface area contributed by atoms with Crippen molar-refractivity contribution in [3.8, 4) is 5.75 Å². The van der Waals surface area contributed by atoms with Crippen LogP contribution in [0.25, 0.3) is 0 Å². The van der Waals surface area contributed by atoms with Gasteiger partial charge in [-0.25, -0.2) is 4.39 Å². The standard InChI is InChI=1S/C27H26ClFN4O5/c1-17(32-24(34)16-38-23-11-10-19(28)14-21(23)29)26(36)33-22(13-18-7-3-2-4-8-18)25(35)27(37)31-15-20-9-5-6-12-30-20/h2-12,14,17,22H,13,15-16H2,1H3,(H,31,37)(H,32,34)(H,33,36)/t17-,22-/m1/s1. The Morgan fingerprint density at radius 1 is 1.00 bits per heavy atom. The fraction of sp³-hybridized carbons (Fsp3) is 0.222. The summed E-state index contributed by atoms with van der Waals surface area (Å²) in [7, 11) is 0. The number of carbonyl (C=O) groups is 4. The monoisotopic (exact) mass is 540 g/mol. The first-order chi connectivity index (χ1) is 18.2. The number of halogens is 2. The molecule has 0 unspecified atom stereocenters. The maximum absolute atomic E-state index is 13.8. The lowest BCUT2D eigenvalue weighted by molar-refractivity contribution is -0.140. The van der Waals surface area contributed by atoms with Gasteiger partial charge in [0, 0.05) is 17.6 Å². The molecule has 3 rings (SSSR count). The van der Waals surface area contributed by atoms with Crippen LogP contribution in [0.3, 0.4) is 0 Å². The van der Waals surface area contributed by atoms with Crippen LogP contribution < -0.4 is 20.7 Å². The predicted molar refractivity (Wildman–Crippen MR) is 138 cm³/mol. The van der Waals surface area contributed by atoms with E-state index in [1.54, 1.807) is 54.7 Å². The summed E-state index contributed by atoms with van der Waals surface area (Å²) in [5.41, 5.74) is 1.29. The van der Waals surface area contributed by atoms with Gasteiger partial charge in [0.25, 0.3) is 11.8 Å². The van der Waals surface area contributed by atoms with E-state index >= 15 is 0 Å². The topological polar surface area (TPSA) is 126 Å². The second-order valence-corrected chi connectivity index (χ2v) is 8.71. The van der Waals surface area contributed by atoms with Crippen LogP contribution in [-0.4, -0.2) is 47.2 Å². The second-order valence-electron chi connectivity index (χ2n) is 8.27. The molecule has 38 heavy (non-hydrogen) atoms. The highest BCUT2D eigenvalue weighted by Gasteiger charge is 2.29. The molecule has 0 spiro atoms. The second kappa shape index (κ2) is 13.8. The molecule has 3 N–H and O–H groups in total. The highest BCUT2D eigenvalue weighted by atomic mass is 35.5. The van der Waals surface area contributed by atoms with Crippen molar-refractivity contribution in [2.45, 2.75) is 32.0 Å². The van der Waals surface area contributed by atoms with Gasteiger partial charge in [0.1, 0.15) is 12.1 Å². The van der Waals surface area contributed by atoms with Crippen molar-refractivity contribution in [2.75, 3.05) is 6.61 Å². The summed E-state index contributed by atoms with van der Waals surface area (Å²) in [5.74, 6) is -4.03. The number of ketones is 1. The fourth-order valence-electron chi connectivity index (χ4n) is 3.36. The van der Waals surface area contributed by atoms with Crippen molar-refractivity contribution < 1.29 is 28.3 Å². The van der Waals surface area contributed by atoms with Crippen molar-refractivity contribution in [3.63, 3.8) is 0 Å². The van der Waals surface area contributed by atoms with E-state index in [2.05, 4.69) is 20.9 Å².